The van der Waals surface area contributed by atoms with Gasteiger partial charge in [0.2, 0.25) is 0 Å². The monoisotopic (exact) mass is 180 g/mol. The maximum atomic E-state index is 5.51. The summed E-state index contributed by atoms with van der Waals surface area (Å²) in [6.45, 7) is 3.68. The van der Waals surface area contributed by atoms with Gasteiger partial charge in [-0.05, 0) is 12.1 Å². The normalized spacial score (nSPS) is 28.7. The van der Waals surface area contributed by atoms with Crippen LogP contribution in [0.15, 0.2) is 12.4 Å². The molecule has 1 aliphatic rings. The van der Waals surface area contributed by atoms with Crippen molar-refractivity contribution in [2.75, 3.05) is 13.2 Å². The highest BCUT2D eigenvalue weighted by Crippen LogP contribution is 2.19. The molecule has 0 saturated carbocycles. The lowest BCUT2D eigenvalue weighted by Gasteiger charge is -2.29. The standard InChI is InChI=1S/C8H12N4O/c1-6-8(9-2-3-13-6)7-4-10-12-11-5-7/h4-6,8-9H,2-3H2,1H3. The molecular formula is C8H12N4O. The maximum Gasteiger partial charge on any atom is 0.0743 e. The maximum absolute atomic E-state index is 5.51. The summed E-state index contributed by atoms with van der Waals surface area (Å²) in [6.07, 6.45) is 3.60. The summed E-state index contributed by atoms with van der Waals surface area (Å²) in [7, 11) is 0. The van der Waals surface area contributed by atoms with Crippen LogP contribution in [0.3, 0.4) is 0 Å². The Kier molecular flexibility index (Phi) is 2.47. The van der Waals surface area contributed by atoms with E-state index in [-0.39, 0.29) is 12.1 Å². The fraction of sp³-hybridized carbons (Fsp3) is 0.625. The van der Waals surface area contributed by atoms with E-state index in [4.69, 9.17) is 4.74 Å². The van der Waals surface area contributed by atoms with Crippen LogP contribution >= 0.6 is 0 Å². The van der Waals surface area contributed by atoms with Gasteiger partial charge in [0.25, 0.3) is 0 Å². The molecule has 1 aliphatic heterocycles. The van der Waals surface area contributed by atoms with Crippen LogP contribution in [0.2, 0.25) is 0 Å². The lowest BCUT2D eigenvalue weighted by Crippen LogP contribution is -2.40. The Morgan fingerprint density at radius 3 is 2.92 bits per heavy atom. The summed E-state index contributed by atoms with van der Waals surface area (Å²) in [5.74, 6) is 0. The second-order valence-corrected chi connectivity index (χ2v) is 3.09. The predicted molar refractivity (Wildman–Crippen MR) is 46.0 cm³/mol. The highest BCUT2D eigenvalue weighted by Gasteiger charge is 2.23. The highest BCUT2D eigenvalue weighted by molar-refractivity contribution is 5.10. The van der Waals surface area contributed by atoms with Crippen LogP contribution in [0.4, 0.5) is 0 Å². The number of nitrogens with one attached hydrogen (secondary N) is 1. The second kappa shape index (κ2) is 3.76. The van der Waals surface area contributed by atoms with E-state index in [2.05, 4.69) is 20.7 Å². The zero-order chi connectivity index (χ0) is 9.10. The lowest BCUT2D eigenvalue weighted by atomic mass is 10.1. The molecule has 1 aromatic heterocycles. The first-order chi connectivity index (χ1) is 6.38. The van der Waals surface area contributed by atoms with Crippen LogP contribution in [-0.4, -0.2) is 34.7 Å². The Labute approximate surface area is 76.5 Å². The van der Waals surface area contributed by atoms with Crippen LogP contribution in [0.25, 0.3) is 0 Å². The first-order valence-corrected chi connectivity index (χ1v) is 4.36. The summed E-state index contributed by atoms with van der Waals surface area (Å²) < 4.78 is 5.51. The Morgan fingerprint density at radius 2 is 2.23 bits per heavy atom. The van der Waals surface area contributed by atoms with Gasteiger partial charge in [-0.2, -0.15) is 0 Å². The molecule has 0 amide bonds. The number of hydrogen-bond donors (Lipinski definition) is 1. The van der Waals surface area contributed by atoms with Crippen LogP contribution in [-0.2, 0) is 4.74 Å². The summed E-state index contributed by atoms with van der Waals surface area (Å²) in [5.41, 5.74) is 1.03. The average Bonchev–Trinajstić information content (AvgIpc) is 2.20. The lowest BCUT2D eigenvalue weighted by molar-refractivity contribution is 0.00730. The van der Waals surface area contributed by atoms with E-state index in [1.54, 1.807) is 12.4 Å². The number of aromatic nitrogens is 3. The average molecular weight is 180 g/mol. The molecule has 13 heavy (non-hydrogen) atoms. The third-order valence-corrected chi connectivity index (χ3v) is 2.19. The molecular weight excluding hydrogens is 168 g/mol. The van der Waals surface area contributed by atoms with E-state index in [1.807, 2.05) is 6.92 Å². The highest BCUT2D eigenvalue weighted by atomic mass is 16.5. The van der Waals surface area contributed by atoms with Gasteiger partial charge in [0.05, 0.1) is 31.1 Å². The Hall–Kier alpha value is -1.07. The largest absolute Gasteiger partial charge is 0.375 e. The first-order valence-electron chi connectivity index (χ1n) is 4.36. The van der Waals surface area contributed by atoms with Gasteiger partial charge in [-0.15, -0.1) is 10.2 Å². The van der Waals surface area contributed by atoms with Crippen molar-refractivity contribution >= 4 is 0 Å². The molecule has 0 radical (unpaired) electrons. The fourth-order valence-corrected chi connectivity index (χ4v) is 1.52. The zero-order valence-electron chi connectivity index (χ0n) is 7.47. The van der Waals surface area contributed by atoms with Gasteiger partial charge >= 0.3 is 0 Å². The minimum atomic E-state index is 0.166. The van der Waals surface area contributed by atoms with Gasteiger partial charge in [0.1, 0.15) is 0 Å². The Bertz CT molecular complexity index is 266. The van der Waals surface area contributed by atoms with E-state index >= 15 is 0 Å². The minimum absolute atomic E-state index is 0.166. The smallest absolute Gasteiger partial charge is 0.0743 e. The van der Waals surface area contributed by atoms with Crippen molar-refractivity contribution < 1.29 is 4.74 Å². The number of ether oxygens (including phenoxy) is 1. The SMILES string of the molecule is CC1OCCNC1c1cnnnc1. The third-order valence-electron chi connectivity index (χ3n) is 2.19. The van der Waals surface area contributed by atoms with Crippen molar-refractivity contribution in [3.8, 4) is 0 Å². The van der Waals surface area contributed by atoms with Crippen LogP contribution in [0.1, 0.15) is 18.5 Å². The van der Waals surface area contributed by atoms with Crippen LogP contribution < -0.4 is 5.32 Å². The van der Waals surface area contributed by atoms with Crippen molar-refractivity contribution in [2.24, 2.45) is 0 Å². The van der Waals surface area contributed by atoms with E-state index in [0.717, 1.165) is 18.7 Å². The topological polar surface area (TPSA) is 59.9 Å². The molecule has 0 aromatic carbocycles. The summed E-state index contributed by atoms with van der Waals surface area (Å²) >= 11 is 0. The molecule has 1 N–H and O–H groups in total. The Balaban J connectivity index is 2.15. The quantitative estimate of drug-likeness (QED) is 0.655. The second-order valence-electron chi connectivity index (χ2n) is 3.09. The summed E-state index contributed by atoms with van der Waals surface area (Å²) in [6, 6.07) is 0.191. The minimum Gasteiger partial charge on any atom is -0.375 e. The van der Waals surface area contributed by atoms with E-state index in [0.29, 0.717) is 0 Å². The van der Waals surface area contributed by atoms with Crippen molar-refractivity contribution in [1.82, 2.24) is 20.7 Å². The van der Waals surface area contributed by atoms with Crippen molar-refractivity contribution in [2.45, 2.75) is 19.1 Å². The third kappa shape index (κ3) is 1.81. The van der Waals surface area contributed by atoms with Gasteiger partial charge in [-0.3, -0.25) is 0 Å². The van der Waals surface area contributed by atoms with Gasteiger partial charge in [0, 0.05) is 12.1 Å². The van der Waals surface area contributed by atoms with Gasteiger partial charge < -0.3 is 10.1 Å². The van der Waals surface area contributed by atoms with E-state index in [9.17, 15) is 0 Å². The van der Waals surface area contributed by atoms with Gasteiger partial charge in [0.15, 0.2) is 0 Å². The van der Waals surface area contributed by atoms with Crippen molar-refractivity contribution in [1.29, 1.82) is 0 Å². The molecule has 2 rings (SSSR count). The van der Waals surface area contributed by atoms with E-state index in [1.165, 1.54) is 0 Å². The molecule has 70 valence electrons. The molecule has 1 saturated heterocycles. The molecule has 5 nitrogen and oxygen atoms in total. The molecule has 2 atom stereocenters. The number of rotatable bonds is 1. The van der Waals surface area contributed by atoms with Gasteiger partial charge in [-0.25, -0.2) is 0 Å². The number of hydrogen-bond acceptors (Lipinski definition) is 5. The van der Waals surface area contributed by atoms with Crippen molar-refractivity contribution in [3.05, 3.63) is 18.0 Å². The molecule has 0 aliphatic carbocycles. The first kappa shape index (κ1) is 8.52. The van der Waals surface area contributed by atoms with Crippen molar-refractivity contribution in [3.63, 3.8) is 0 Å². The van der Waals surface area contributed by atoms with Gasteiger partial charge in [-0.1, -0.05) is 0 Å². The molecule has 5 heteroatoms. The molecule has 0 bridgehead atoms. The van der Waals surface area contributed by atoms with Crippen LogP contribution in [0, 0.1) is 0 Å². The molecule has 2 unspecified atom stereocenters. The summed E-state index contributed by atoms with van der Waals surface area (Å²) in [5, 5.41) is 14.3. The Morgan fingerprint density at radius 1 is 1.46 bits per heavy atom. The molecule has 1 fully saturated rings. The number of nitrogens with zero attached hydrogens (tertiary/aromatic N) is 3. The molecule has 0 spiro atoms. The molecule has 2 heterocycles. The van der Waals surface area contributed by atoms with E-state index < -0.39 is 0 Å². The summed E-state index contributed by atoms with van der Waals surface area (Å²) in [4.78, 5) is 0. The zero-order valence-corrected chi connectivity index (χ0v) is 7.47. The fourth-order valence-electron chi connectivity index (χ4n) is 1.52. The van der Waals surface area contributed by atoms with Crippen LogP contribution in [0.5, 0.6) is 0 Å². The predicted octanol–water partition coefficient (Wildman–Crippen LogP) is -0.0790. The number of morpholine rings is 1. The molecule has 1 aromatic rings.